The molecule has 2 fully saturated rings. The van der Waals surface area contributed by atoms with Crippen molar-refractivity contribution in [3.05, 3.63) is 30.1 Å². The molecule has 3 heterocycles. The van der Waals surface area contributed by atoms with E-state index in [1.807, 2.05) is 30.2 Å². The van der Waals surface area contributed by atoms with E-state index in [0.717, 1.165) is 45.0 Å². The van der Waals surface area contributed by atoms with Crippen LogP contribution < -0.4 is 0 Å². The number of likely N-dealkylation sites (N-methyl/N-ethyl adjacent to an activating group) is 1. The van der Waals surface area contributed by atoms with Gasteiger partial charge >= 0.3 is 0 Å². The lowest BCUT2D eigenvalue weighted by molar-refractivity contribution is -0.141. The fraction of sp³-hybridized carbons (Fsp3) is 0.625. The maximum absolute atomic E-state index is 12.5. The highest BCUT2D eigenvalue weighted by atomic mass is 16.2. The lowest BCUT2D eigenvalue weighted by Crippen LogP contribution is -2.58. The molecule has 1 aromatic heterocycles. The standard InChI is InChI=1S/C16H24N4O/c1-13(19-9-7-18(2)8-10-19)16(21)20-11-14(12-20)15-5-3-4-6-17-15/h3-6,13-14H,7-12H2,1-2H3. The van der Waals surface area contributed by atoms with Crippen LogP contribution in [-0.2, 0) is 4.79 Å². The molecule has 0 saturated carbocycles. The maximum Gasteiger partial charge on any atom is 0.239 e. The van der Waals surface area contributed by atoms with Gasteiger partial charge in [-0.05, 0) is 26.1 Å². The summed E-state index contributed by atoms with van der Waals surface area (Å²) in [7, 11) is 2.14. The molecule has 21 heavy (non-hydrogen) atoms. The van der Waals surface area contributed by atoms with Crippen molar-refractivity contribution in [2.75, 3.05) is 46.3 Å². The summed E-state index contributed by atoms with van der Waals surface area (Å²) in [6.45, 7) is 7.74. The van der Waals surface area contributed by atoms with Gasteiger partial charge in [0.1, 0.15) is 0 Å². The van der Waals surface area contributed by atoms with Crippen molar-refractivity contribution in [3.8, 4) is 0 Å². The number of nitrogens with zero attached hydrogens (tertiary/aromatic N) is 4. The average molecular weight is 288 g/mol. The monoisotopic (exact) mass is 288 g/mol. The summed E-state index contributed by atoms with van der Waals surface area (Å²) in [5, 5.41) is 0. The molecule has 5 heteroatoms. The number of pyridine rings is 1. The Balaban J connectivity index is 1.51. The summed E-state index contributed by atoms with van der Waals surface area (Å²) in [5.74, 6) is 0.682. The smallest absolute Gasteiger partial charge is 0.239 e. The first-order valence-electron chi connectivity index (χ1n) is 7.77. The number of aromatic nitrogens is 1. The first-order chi connectivity index (χ1) is 10.1. The summed E-state index contributed by atoms with van der Waals surface area (Å²) in [5.41, 5.74) is 1.11. The van der Waals surface area contributed by atoms with Gasteiger partial charge in [0, 0.05) is 57.1 Å². The third-order valence-electron chi connectivity index (χ3n) is 4.74. The predicted molar refractivity (Wildman–Crippen MR) is 82.1 cm³/mol. The van der Waals surface area contributed by atoms with Gasteiger partial charge < -0.3 is 9.80 Å². The molecule has 0 aliphatic carbocycles. The van der Waals surface area contributed by atoms with E-state index in [2.05, 4.69) is 27.9 Å². The maximum atomic E-state index is 12.5. The normalized spacial score (nSPS) is 22.9. The van der Waals surface area contributed by atoms with Gasteiger partial charge in [-0.3, -0.25) is 14.7 Å². The SMILES string of the molecule is CC(C(=O)N1CC(c2ccccn2)C1)N1CCN(C)CC1. The molecule has 1 unspecified atom stereocenters. The molecule has 2 aliphatic heterocycles. The first-order valence-corrected chi connectivity index (χ1v) is 7.77. The number of hydrogen-bond acceptors (Lipinski definition) is 4. The Morgan fingerprint density at radius 3 is 2.57 bits per heavy atom. The molecule has 5 nitrogen and oxygen atoms in total. The summed E-state index contributed by atoms with van der Waals surface area (Å²) in [6, 6.07) is 6.00. The summed E-state index contributed by atoms with van der Waals surface area (Å²) >= 11 is 0. The van der Waals surface area contributed by atoms with Crippen molar-refractivity contribution in [3.63, 3.8) is 0 Å². The Hall–Kier alpha value is -1.46. The van der Waals surface area contributed by atoms with Crippen molar-refractivity contribution in [1.82, 2.24) is 19.7 Å². The molecule has 2 saturated heterocycles. The molecular weight excluding hydrogens is 264 g/mol. The molecule has 0 aromatic carbocycles. The summed E-state index contributed by atoms with van der Waals surface area (Å²) in [6.07, 6.45) is 1.83. The number of rotatable bonds is 3. The Morgan fingerprint density at radius 2 is 1.95 bits per heavy atom. The van der Waals surface area contributed by atoms with Gasteiger partial charge in [-0.2, -0.15) is 0 Å². The Kier molecular flexibility index (Phi) is 4.22. The average Bonchev–Trinajstić information content (AvgIpc) is 2.47. The third kappa shape index (κ3) is 3.09. The number of amides is 1. The van der Waals surface area contributed by atoms with Gasteiger partial charge in [0.05, 0.1) is 6.04 Å². The fourth-order valence-electron chi connectivity index (χ4n) is 3.09. The Bertz CT molecular complexity index is 478. The minimum absolute atomic E-state index is 0.00313. The predicted octanol–water partition coefficient (Wildman–Crippen LogP) is 0.643. The van der Waals surface area contributed by atoms with E-state index in [0.29, 0.717) is 5.92 Å². The number of hydrogen-bond donors (Lipinski definition) is 0. The van der Waals surface area contributed by atoms with E-state index < -0.39 is 0 Å². The third-order valence-corrected chi connectivity index (χ3v) is 4.74. The van der Waals surface area contributed by atoms with Gasteiger partial charge in [0.2, 0.25) is 5.91 Å². The second-order valence-corrected chi connectivity index (χ2v) is 6.21. The zero-order chi connectivity index (χ0) is 14.8. The fourth-order valence-corrected chi connectivity index (χ4v) is 3.09. The lowest BCUT2D eigenvalue weighted by atomic mass is 9.95. The molecule has 0 radical (unpaired) electrons. The number of likely N-dealkylation sites (tertiary alicyclic amines) is 1. The minimum atomic E-state index is 0.00313. The van der Waals surface area contributed by atoms with E-state index in [9.17, 15) is 4.79 Å². The molecule has 1 aromatic rings. The van der Waals surface area contributed by atoms with Crippen LogP contribution in [0.4, 0.5) is 0 Å². The highest BCUT2D eigenvalue weighted by Crippen LogP contribution is 2.26. The molecule has 0 N–H and O–H groups in total. The van der Waals surface area contributed by atoms with Crippen molar-refractivity contribution < 1.29 is 4.79 Å². The van der Waals surface area contributed by atoms with Gasteiger partial charge in [0.15, 0.2) is 0 Å². The molecule has 3 rings (SSSR count). The second-order valence-electron chi connectivity index (χ2n) is 6.21. The van der Waals surface area contributed by atoms with Crippen LogP contribution in [0.2, 0.25) is 0 Å². The number of carbonyl (C=O) groups is 1. The molecule has 0 bridgehead atoms. The van der Waals surface area contributed by atoms with Crippen molar-refractivity contribution >= 4 is 5.91 Å². The van der Waals surface area contributed by atoms with Crippen LogP contribution in [0.1, 0.15) is 18.5 Å². The zero-order valence-electron chi connectivity index (χ0n) is 12.9. The summed E-state index contributed by atoms with van der Waals surface area (Å²) in [4.78, 5) is 23.5. The molecule has 1 atom stereocenters. The number of carbonyl (C=O) groups excluding carboxylic acids is 1. The van der Waals surface area contributed by atoms with Gasteiger partial charge in [-0.1, -0.05) is 6.07 Å². The van der Waals surface area contributed by atoms with E-state index >= 15 is 0 Å². The van der Waals surface area contributed by atoms with Crippen molar-refractivity contribution in [2.45, 2.75) is 18.9 Å². The Labute approximate surface area is 126 Å². The first kappa shape index (κ1) is 14.5. The topological polar surface area (TPSA) is 39.7 Å². The van der Waals surface area contributed by atoms with Crippen molar-refractivity contribution in [2.24, 2.45) is 0 Å². The van der Waals surface area contributed by atoms with Crippen LogP contribution in [0, 0.1) is 0 Å². The van der Waals surface area contributed by atoms with E-state index in [-0.39, 0.29) is 11.9 Å². The van der Waals surface area contributed by atoms with Crippen molar-refractivity contribution in [1.29, 1.82) is 0 Å². The number of piperazine rings is 1. The molecule has 0 spiro atoms. The van der Waals surface area contributed by atoms with E-state index in [4.69, 9.17) is 0 Å². The molecule has 1 amide bonds. The highest BCUT2D eigenvalue weighted by molar-refractivity contribution is 5.82. The largest absolute Gasteiger partial charge is 0.340 e. The summed E-state index contributed by atoms with van der Waals surface area (Å²) < 4.78 is 0. The second kappa shape index (κ2) is 6.12. The van der Waals surface area contributed by atoms with Crippen LogP contribution >= 0.6 is 0 Å². The van der Waals surface area contributed by atoms with Crippen LogP contribution in [0.15, 0.2) is 24.4 Å². The van der Waals surface area contributed by atoms with Crippen LogP contribution in [-0.4, -0.2) is 77.9 Å². The van der Waals surface area contributed by atoms with Crippen LogP contribution in [0.3, 0.4) is 0 Å². The van der Waals surface area contributed by atoms with Crippen LogP contribution in [0.25, 0.3) is 0 Å². The van der Waals surface area contributed by atoms with Gasteiger partial charge in [-0.15, -0.1) is 0 Å². The zero-order valence-corrected chi connectivity index (χ0v) is 12.9. The highest BCUT2D eigenvalue weighted by Gasteiger charge is 2.36. The van der Waals surface area contributed by atoms with Gasteiger partial charge in [0.25, 0.3) is 0 Å². The van der Waals surface area contributed by atoms with E-state index in [1.165, 1.54) is 0 Å². The minimum Gasteiger partial charge on any atom is -0.340 e. The van der Waals surface area contributed by atoms with Crippen LogP contribution in [0.5, 0.6) is 0 Å². The lowest BCUT2D eigenvalue weighted by Gasteiger charge is -2.43. The van der Waals surface area contributed by atoms with E-state index in [1.54, 1.807) is 0 Å². The van der Waals surface area contributed by atoms with Gasteiger partial charge in [-0.25, -0.2) is 0 Å². The molecule has 2 aliphatic rings. The Morgan fingerprint density at radius 1 is 1.24 bits per heavy atom. The molecule has 114 valence electrons. The quantitative estimate of drug-likeness (QED) is 0.818. The molecular formula is C16H24N4O.